The number of amides is 1. The van der Waals surface area contributed by atoms with Gasteiger partial charge in [-0.2, -0.15) is 5.10 Å². The summed E-state index contributed by atoms with van der Waals surface area (Å²) in [6, 6.07) is 16.3. The van der Waals surface area contributed by atoms with E-state index in [-0.39, 0.29) is 11.2 Å². The molecular weight excluding hydrogens is 478 g/mol. The predicted molar refractivity (Wildman–Crippen MR) is 144 cm³/mol. The number of aromatic nitrogens is 4. The summed E-state index contributed by atoms with van der Waals surface area (Å²) >= 11 is 2.79. The van der Waals surface area contributed by atoms with Gasteiger partial charge in [0.05, 0.1) is 16.5 Å². The Bertz CT molecular complexity index is 1460. The van der Waals surface area contributed by atoms with Gasteiger partial charge >= 0.3 is 0 Å². The van der Waals surface area contributed by atoms with Crippen molar-refractivity contribution in [2.45, 2.75) is 44.1 Å². The first kappa shape index (κ1) is 23.5. The van der Waals surface area contributed by atoms with Crippen LogP contribution < -0.4 is 5.32 Å². The fourth-order valence-electron chi connectivity index (χ4n) is 3.94. The standard InChI is InChI=1S/C25H25N7OS2/c1-4-20(23(33)27-24-30-28-18(14-34-24)16-12-10-15(3)11-13-16)35-25-26-22-21(29-31-25)17-8-6-7-9-19(17)32(22)5-2/h6-13,20H,4-5,14H2,1-3H3,(H,27,30,33)/t20-/m0/s1. The SMILES string of the molecule is CC[C@H](Sc1nnc2c3ccccc3n(CC)c2n1)C(=O)NC1=NN=C(c2ccc(C)cc2)CS1. The molecule has 2 aromatic heterocycles. The van der Waals surface area contributed by atoms with Crippen molar-refractivity contribution in [3.8, 4) is 0 Å². The van der Waals surface area contributed by atoms with Crippen LogP contribution in [0.2, 0.25) is 0 Å². The molecule has 0 radical (unpaired) electrons. The number of thioether (sulfide) groups is 2. The topological polar surface area (TPSA) is 97.4 Å². The molecule has 10 heteroatoms. The number of para-hydroxylation sites is 1. The Labute approximate surface area is 211 Å². The van der Waals surface area contributed by atoms with Gasteiger partial charge in [-0.25, -0.2) is 4.98 Å². The number of carbonyl (C=O) groups excluding carboxylic acids is 1. The molecule has 5 rings (SSSR count). The molecule has 0 saturated heterocycles. The van der Waals surface area contributed by atoms with Crippen LogP contribution in [0.1, 0.15) is 31.4 Å². The molecule has 2 aromatic carbocycles. The van der Waals surface area contributed by atoms with Crippen molar-refractivity contribution in [1.82, 2.24) is 25.1 Å². The molecule has 8 nitrogen and oxygen atoms in total. The van der Waals surface area contributed by atoms with Gasteiger partial charge in [-0.3, -0.25) is 4.79 Å². The number of hydrogen-bond acceptors (Lipinski definition) is 8. The largest absolute Gasteiger partial charge is 0.324 e. The third-order valence-corrected chi connectivity index (χ3v) is 7.89. The van der Waals surface area contributed by atoms with Gasteiger partial charge in [0.1, 0.15) is 5.52 Å². The number of rotatable bonds is 6. The van der Waals surface area contributed by atoms with Crippen LogP contribution in [-0.2, 0) is 11.3 Å². The Morgan fingerprint density at radius 1 is 1.11 bits per heavy atom. The first-order chi connectivity index (χ1) is 17.1. The average Bonchev–Trinajstić information content (AvgIpc) is 3.21. The lowest BCUT2D eigenvalue weighted by Gasteiger charge is -2.16. The van der Waals surface area contributed by atoms with E-state index in [0.717, 1.165) is 39.9 Å². The zero-order chi connectivity index (χ0) is 24.4. The molecule has 178 valence electrons. The number of nitrogens with zero attached hydrogens (tertiary/aromatic N) is 6. The molecular formula is C25H25N7OS2. The Kier molecular flexibility index (Phi) is 6.83. The van der Waals surface area contributed by atoms with Crippen LogP contribution in [0, 0.1) is 6.92 Å². The normalized spacial score (nSPS) is 14.6. The summed E-state index contributed by atoms with van der Waals surface area (Å²) in [5.41, 5.74) is 5.78. The van der Waals surface area contributed by atoms with Gasteiger partial charge in [0.2, 0.25) is 11.1 Å². The van der Waals surface area contributed by atoms with Crippen LogP contribution >= 0.6 is 23.5 Å². The predicted octanol–water partition coefficient (Wildman–Crippen LogP) is 4.80. The summed E-state index contributed by atoms with van der Waals surface area (Å²) in [4.78, 5) is 17.8. The second kappa shape index (κ2) is 10.2. The maximum atomic E-state index is 13.0. The van der Waals surface area contributed by atoms with Gasteiger partial charge < -0.3 is 9.88 Å². The number of fused-ring (bicyclic) bond motifs is 3. The van der Waals surface area contributed by atoms with Crippen molar-refractivity contribution in [1.29, 1.82) is 0 Å². The Balaban J connectivity index is 1.31. The van der Waals surface area contributed by atoms with Gasteiger partial charge in [-0.15, -0.1) is 15.3 Å². The molecule has 35 heavy (non-hydrogen) atoms. The minimum Gasteiger partial charge on any atom is -0.324 e. The molecule has 1 N–H and O–H groups in total. The van der Waals surface area contributed by atoms with Crippen LogP contribution in [-0.4, -0.2) is 47.5 Å². The van der Waals surface area contributed by atoms with Crippen molar-refractivity contribution in [2.24, 2.45) is 10.2 Å². The molecule has 0 aliphatic carbocycles. The quantitative estimate of drug-likeness (QED) is 0.380. The summed E-state index contributed by atoms with van der Waals surface area (Å²) < 4.78 is 2.13. The summed E-state index contributed by atoms with van der Waals surface area (Å²) in [7, 11) is 0. The van der Waals surface area contributed by atoms with Crippen molar-refractivity contribution in [3.05, 3.63) is 59.7 Å². The summed E-state index contributed by atoms with van der Waals surface area (Å²) in [5, 5.41) is 21.9. The van der Waals surface area contributed by atoms with Crippen molar-refractivity contribution < 1.29 is 4.79 Å². The lowest BCUT2D eigenvalue weighted by molar-refractivity contribution is -0.119. The number of amidine groups is 1. The molecule has 1 atom stereocenters. The molecule has 1 aliphatic rings. The van der Waals surface area contributed by atoms with Crippen molar-refractivity contribution in [2.75, 3.05) is 5.75 Å². The van der Waals surface area contributed by atoms with E-state index in [4.69, 9.17) is 4.98 Å². The molecule has 1 aliphatic heterocycles. The lowest BCUT2D eigenvalue weighted by atomic mass is 10.1. The van der Waals surface area contributed by atoms with E-state index in [0.29, 0.717) is 22.5 Å². The zero-order valence-electron chi connectivity index (χ0n) is 19.7. The maximum absolute atomic E-state index is 13.0. The van der Waals surface area contributed by atoms with E-state index >= 15 is 0 Å². The van der Waals surface area contributed by atoms with Crippen LogP contribution in [0.25, 0.3) is 22.1 Å². The molecule has 0 saturated carbocycles. The fourth-order valence-corrected chi connectivity index (χ4v) is 5.53. The van der Waals surface area contributed by atoms with Gasteiger partial charge in [-0.1, -0.05) is 78.5 Å². The molecule has 0 unspecified atom stereocenters. The average molecular weight is 504 g/mol. The maximum Gasteiger partial charge on any atom is 0.239 e. The monoisotopic (exact) mass is 503 g/mol. The van der Waals surface area contributed by atoms with Gasteiger partial charge in [0.25, 0.3) is 0 Å². The number of nitrogens with one attached hydrogen (secondary N) is 1. The molecule has 3 heterocycles. The highest BCUT2D eigenvalue weighted by molar-refractivity contribution is 8.14. The van der Waals surface area contributed by atoms with E-state index in [2.05, 4.69) is 62.3 Å². The van der Waals surface area contributed by atoms with Crippen molar-refractivity contribution >= 4 is 62.4 Å². The zero-order valence-corrected chi connectivity index (χ0v) is 21.4. The molecule has 0 fully saturated rings. The summed E-state index contributed by atoms with van der Waals surface area (Å²) in [5.74, 6) is 0.509. The molecule has 0 spiro atoms. The highest BCUT2D eigenvalue weighted by atomic mass is 32.2. The van der Waals surface area contributed by atoms with E-state index in [1.807, 2.05) is 37.3 Å². The summed E-state index contributed by atoms with van der Waals surface area (Å²) in [6.45, 7) is 6.87. The highest BCUT2D eigenvalue weighted by Crippen LogP contribution is 2.29. The minimum atomic E-state index is -0.375. The second-order valence-electron chi connectivity index (χ2n) is 8.14. The Hall–Kier alpha value is -3.24. The van der Waals surface area contributed by atoms with E-state index in [1.54, 1.807) is 0 Å². The van der Waals surface area contributed by atoms with Gasteiger partial charge in [0.15, 0.2) is 10.8 Å². The number of aryl methyl sites for hydroxylation is 2. The third kappa shape index (κ3) is 4.81. The van der Waals surface area contributed by atoms with Crippen LogP contribution in [0.3, 0.4) is 0 Å². The van der Waals surface area contributed by atoms with Crippen LogP contribution in [0.15, 0.2) is 63.9 Å². The lowest BCUT2D eigenvalue weighted by Crippen LogP contribution is -2.37. The number of carbonyl (C=O) groups is 1. The Morgan fingerprint density at radius 3 is 2.63 bits per heavy atom. The molecule has 4 aromatic rings. The van der Waals surface area contributed by atoms with Crippen LogP contribution in [0.5, 0.6) is 0 Å². The van der Waals surface area contributed by atoms with E-state index in [1.165, 1.54) is 29.1 Å². The second-order valence-corrected chi connectivity index (χ2v) is 10.3. The minimum absolute atomic E-state index is 0.141. The summed E-state index contributed by atoms with van der Waals surface area (Å²) in [6.07, 6.45) is 0.616. The third-order valence-electron chi connectivity index (χ3n) is 5.80. The fraction of sp³-hybridized carbons (Fsp3) is 0.280. The van der Waals surface area contributed by atoms with E-state index in [9.17, 15) is 4.79 Å². The van der Waals surface area contributed by atoms with Crippen LogP contribution in [0.4, 0.5) is 0 Å². The smallest absolute Gasteiger partial charge is 0.239 e. The van der Waals surface area contributed by atoms with E-state index < -0.39 is 0 Å². The van der Waals surface area contributed by atoms with Gasteiger partial charge in [0, 0.05) is 17.7 Å². The number of benzene rings is 2. The molecule has 1 amide bonds. The number of hydrogen-bond donors (Lipinski definition) is 1. The first-order valence-electron chi connectivity index (χ1n) is 11.5. The highest BCUT2D eigenvalue weighted by Gasteiger charge is 2.24. The molecule has 0 bridgehead atoms. The van der Waals surface area contributed by atoms with Gasteiger partial charge in [-0.05, 0) is 31.9 Å². The first-order valence-corrected chi connectivity index (χ1v) is 13.4. The Morgan fingerprint density at radius 2 is 1.91 bits per heavy atom. The van der Waals surface area contributed by atoms with Crippen molar-refractivity contribution in [3.63, 3.8) is 0 Å².